The van der Waals surface area contributed by atoms with Crippen molar-refractivity contribution in [2.75, 3.05) is 20.3 Å². The quantitative estimate of drug-likeness (QED) is 0.734. The van der Waals surface area contributed by atoms with Crippen LogP contribution < -0.4 is 5.32 Å². The van der Waals surface area contributed by atoms with Crippen LogP contribution in [-0.4, -0.2) is 39.8 Å². The molecule has 6 heteroatoms. The van der Waals surface area contributed by atoms with E-state index in [4.69, 9.17) is 17.0 Å². The minimum absolute atomic E-state index is 0.0572. The van der Waals surface area contributed by atoms with Gasteiger partial charge in [-0.15, -0.1) is 0 Å². The number of nitrogens with one attached hydrogen (secondary N) is 1. The highest BCUT2D eigenvalue weighted by molar-refractivity contribution is 7.80. The second-order valence-electron chi connectivity index (χ2n) is 6.29. The third kappa shape index (κ3) is 3.85. The minimum Gasteiger partial charge on any atom is -0.383 e. The Morgan fingerprint density at radius 2 is 2.12 bits per heavy atom. The van der Waals surface area contributed by atoms with E-state index in [0.29, 0.717) is 6.61 Å². The first kappa shape index (κ1) is 17.9. The fraction of sp³-hybridized carbons (Fsp3) is 0.474. The molecule has 1 aliphatic rings. The molecular weight excluding hydrogens is 332 g/mol. The van der Waals surface area contributed by atoms with E-state index in [1.165, 1.54) is 5.69 Å². The van der Waals surface area contributed by atoms with Crippen LogP contribution in [0, 0.1) is 0 Å². The van der Waals surface area contributed by atoms with Crippen LogP contribution in [-0.2, 0) is 11.3 Å². The molecule has 2 atom stereocenters. The summed E-state index contributed by atoms with van der Waals surface area (Å²) in [4.78, 5) is 6.90. The third-order valence-corrected chi connectivity index (χ3v) is 5.01. The highest BCUT2D eigenvalue weighted by Crippen LogP contribution is 2.38. The molecule has 0 spiro atoms. The molecule has 0 bridgehead atoms. The van der Waals surface area contributed by atoms with Gasteiger partial charge in [-0.2, -0.15) is 0 Å². The molecule has 1 fully saturated rings. The van der Waals surface area contributed by atoms with E-state index in [-0.39, 0.29) is 12.1 Å². The Hall–Kier alpha value is -1.92. The maximum atomic E-state index is 5.67. The van der Waals surface area contributed by atoms with E-state index in [2.05, 4.69) is 51.1 Å². The number of ether oxygens (including phenoxy) is 1. The zero-order valence-corrected chi connectivity index (χ0v) is 15.7. The summed E-state index contributed by atoms with van der Waals surface area (Å²) >= 11 is 5.67. The predicted molar refractivity (Wildman–Crippen MR) is 103 cm³/mol. The van der Waals surface area contributed by atoms with Gasteiger partial charge in [-0.25, -0.2) is 0 Å². The van der Waals surface area contributed by atoms with Crippen molar-refractivity contribution < 1.29 is 4.74 Å². The number of hydrogen-bond acceptors (Lipinski definition) is 3. The second kappa shape index (κ2) is 8.45. The molecule has 5 nitrogen and oxygen atoms in total. The van der Waals surface area contributed by atoms with Crippen molar-refractivity contribution in [3.8, 4) is 0 Å². The van der Waals surface area contributed by atoms with Crippen LogP contribution in [0.4, 0.5) is 0 Å². The highest BCUT2D eigenvalue weighted by Gasteiger charge is 2.40. The van der Waals surface area contributed by atoms with Gasteiger partial charge < -0.3 is 19.5 Å². The van der Waals surface area contributed by atoms with Crippen molar-refractivity contribution in [3.63, 3.8) is 0 Å². The van der Waals surface area contributed by atoms with E-state index < -0.39 is 0 Å². The smallest absolute Gasteiger partial charge is 0.170 e. The van der Waals surface area contributed by atoms with Crippen LogP contribution >= 0.6 is 12.2 Å². The molecule has 0 unspecified atom stereocenters. The summed E-state index contributed by atoms with van der Waals surface area (Å²) in [6.07, 6.45) is 6.22. The Balaban J connectivity index is 1.96. The Bertz CT molecular complexity index is 688. The Morgan fingerprint density at radius 1 is 1.24 bits per heavy atom. The summed E-state index contributed by atoms with van der Waals surface area (Å²) in [6.45, 7) is 4.68. The van der Waals surface area contributed by atoms with Gasteiger partial charge in [0, 0.05) is 38.3 Å². The molecule has 1 N–H and O–H groups in total. The number of aromatic nitrogens is 2. The molecule has 1 saturated heterocycles. The van der Waals surface area contributed by atoms with E-state index in [1.54, 1.807) is 7.11 Å². The molecule has 1 aliphatic heterocycles. The maximum Gasteiger partial charge on any atom is 0.170 e. The summed E-state index contributed by atoms with van der Waals surface area (Å²) in [5.41, 5.74) is 2.27. The maximum absolute atomic E-state index is 5.67. The SMILES string of the molecule is CCCCN1C(=S)N[C@@H](c2ccccn2)[C@H]1c1cccn1CCOC. The van der Waals surface area contributed by atoms with E-state index in [9.17, 15) is 0 Å². The molecule has 25 heavy (non-hydrogen) atoms. The van der Waals surface area contributed by atoms with Gasteiger partial charge in [0.2, 0.25) is 0 Å². The van der Waals surface area contributed by atoms with Crippen molar-refractivity contribution in [2.24, 2.45) is 0 Å². The first-order chi connectivity index (χ1) is 12.3. The number of thiocarbonyl (C=S) groups is 1. The van der Waals surface area contributed by atoms with Gasteiger partial charge in [-0.1, -0.05) is 19.4 Å². The van der Waals surface area contributed by atoms with Crippen LogP contribution in [0.25, 0.3) is 0 Å². The number of unbranched alkanes of at least 4 members (excludes halogenated alkanes) is 1. The molecule has 3 rings (SSSR count). The van der Waals surface area contributed by atoms with Crippen molar-refractivity contribution >= 4 is 17.3 Å². The fourth-order valence-electron chi connectivity index (χ4n) is 3.39. The Morgan fingerprint density at radius 3 is 2.84 bits per heavy atom. The lowest BCUT2D eigenvalue weighted by molar-refractivity contribution is 0.184. The third-order valence-electron chi connectivity index (χ3n) is 4.65. The molecule has 0 radical (unpaired) electrons. The van der Waals surface area contributed by atoms with Crippen molar-refractivity contribution in [1.82, 2.24) is 19.8 Å². The Kier molecular flexibility index (Phi) is 6.04. The summed E-state index contributed by atoms with van der Waals surface area (Å²) < 4.78 is 7.53. The first-order valence-corrected chi connectivity index (χ1v) is 9.29. The lowest BCUT2D eigenvalue weighted by atomic mass is 10.0. The summed E-state index contributed by atoms with van der Waals surface area (Å²) in [5.74, 6) is 0. The molecule has 2 aromatic rings. The molecular formula is C19H26N4OS. The molecule has 0 amide bonds. The minimum atomic E-state index is 0.0572. The molecule has 134 valence electrons. The van der Waals surface area contributed by atoms with Gasteiger partial charge in [-0.05, 0) is 42.9 Å². The largest absolute Gasteiger partial charge is 0.383 e. The van der Waals surface area contributed by atoms with Crippen molar-refractivity contribution in [2.45, 2.75) is 38.4 Å². The van der Waals surface area contributed by atoms with Gasteiger partial charge in [-0.3, -0.25) is 4.98 Å². The van der Waals surface area contributed by atoms with Crippen LogP contribution in [0.2, 0.25) is 0 Å². The van der Waals surface area contributed by atoms with Crippen LogP contribution in [0.1, 0.15) is 43.2 Å². The number of rotatable bonds is 8. The topological polar surface area (TPSA) is 42.3 Å². The summed E-state index contributed by atoms with van der Waals surface area (Å²) in [6, 6.07) is 10.5. The number of methoxy groups -OCH3 is 1. The van der Waals surface area contributed by atoms with Crippen LogP contribution in [0.3, 0.4) is 0 Å². The van der Waals surface area contributed by atoms with Gasteiger partial charge in [0.15, 0.2) is 5.11 Å². The normalized spacial score (nSPS) is 20.1. The van der Waals surface area contributed by atoms with Crippen molar-refractivity contribution in [3.05, 3.63) is 54.1 Å². The monoisotopic (exact) mass is 358 g/mol. The summed E-state index contributed by atoms with van der Waals surface area (Å²) in [7, 11) is 1.74. The number of hydrogen-bond donors (Lipinski definition) is 1. The highest BCUT2D eigenvalue weighted by atomic mass is 32.1. The molecule has 0 aromatic carbocycles. The van der Waals surface area contributed by atoms with Gasteiger partial charge >= 0.3 is 0 Å². The van der Waals surface area contributed by atoms with Crippen LogP contribution in [0.15, 0.2) is 42.7 Å². The standard InChI is InChI=1S/C19H26N4OS/c1-3-4-12-23-18(16-9-7-11-22(16)13-14-24-2)17(21-19(23)25)15-8-5-6-10-20-15/h5-11,17-18H,3-4,12-14H2,1-2H3,(H,21,25)/t17-,18+/m0/s1. The molecule has 3 heterocycles. The van der Waals surface area contributed by atoms with Gasteiger partial charge in [0.1, 0.15) is 0 Å². The van der Waals surface area contributed by atoms with Gasteiger partial charge in [0.25, 0.3) is 0 Å². The number of nitrogens with zero attached hydrogens (tertiary/aromatic N) is 3. The van der Waals surface area contributed by atoms with E-state index in [0.717, 1.165) is 36.7 Å². The molecule has 0 aliphatic carbocycles. The molecule has 2 aromatic heterocycles. The van der Waals surface area contributed by atoms with E-state index in [1.807, 2.05) is 18.3 Å². The first-order valence-electron chi connectivity index (χ1n) is 8.88. The van der Waals surface area contributed by atoms with Gasteiger partial charge in [0.05, 0.1) is 24.4 Å². The second-order valence-corrected chi connectivity index (χ2v) is 6.68. The average Bonchev–Trinajstić information content (AvgIpc) is 3.22. The zero-order valence-electron chi connectivity index (χ0n) is 14.9. The lowest BCUT2D eigenvalue weighted by Crippen LogP contribution is -2.31. The average molecular weight is 359 g/mol. The predicted octanol–water partition coefficient (Wildman–Crippen LogP) is 3.30. The van der Waals surface area contributed by atoms with Crippen molar-refractivity contribution in [1.29, 1.82) is 0 Å². The lowest BCUT2D eigenvalue weighted by Gasteiger charge is -2.28. The van der Waals surface area contributed by atoms with E-state index >= 15 is 0 Å². The summed E-state index contributed by atoms with van der Waals surface area (Å²) in [5, 5.41) is 4.31. The fourth-order valence-corrected chi connectivity index (χ4v) is 3.72. The molecule has 0 saturated carbocycles. The zero-order chi connectivity index (χ0) is 17.6. The Labute approximate surface area is 155 Å². The number of pyridine rings is 1. The van der Waals surface area contributed by atoms with Crippen LogP contribution in [0.5, 0.6) is 0 Å².